The highest BCUT2D eigenvalue weighted by atomic mass is 32.1. The zero-order valence-corrected chi connectivity index (χ0v) is 14.1. The van der Waals surface area contributed by atoms with Crippen molar-refractivity contribution in [3.8, 4) is 16.9 Å². The lowest BCUT2D eigenvalue weighted by Crippen LogP contribution is -1.95. The number of halogens is 1. The lowest BCUT2D eigenvalue weighted by Gasteiger charge is -2.05. The molecule has 1 N–H and O–H groups in total. The van der Waals surface area contributed by atoms with Gasteiger partial charge in [0.25, 0.3) is 0 Å². The molecule has 0 aliphatic heterocycles. The fourth-order valence-electron chi connectivity index (χ4n) is 2.43. The van der Waals surface area contributed by atoms with Crippen LogP contribution in [-0.2, 0) is 6.54 Å². The minimum atomic E-state index is -0.349. The first kappa shape index (κ1) is 15.5. The minimum Gasteiger partial charge on any atom is -0.368 e. The van der Waals surface area contributed by atoms with Gasteiger partial charge in [-0.1, -0.05) is 11.2 Å². The van der Waals surface area contributed by atoms with Crippen LogP contribution < -0.4 is 5.32 Å². The second-order valence-electron chi connectivity index (χ2n) is 5.50. The van der Waals surface area contributed by atoms with E-state index in [0.29, 0.717) is 29.2 Å². The first-order valence-electron chi connectivity index (χ1n) is 7.60. The standard InChI is InChI=1S/C17H14FN5OS/c1-11-6-17(25-22-11)20-9-13-8-15(21-24-13)12-2-3-16(14(18)7-12)23-5-4-19-10-23/h2-8,10,20H,9H2,1H3. The second kappa shape index (κ2) is 6.48. The van der Waals surface area contributed by atoms with Crippen LogP contribution in [0, 0.1) is 12.7 Å². The Morgan fingerprint density at radius 1 is 1.28 bits per heavy atom. The van der Waals surface area contributed by atoms with E-state index in [9.17, 15) is 4.39 Å². The Morgan fingerprint density at radius 2 is 2.20 bits per heavy atom. The maximum atomic E-state index is 14.4. The van der Waals surface area contributed by atoms with Crippen LogP contribution in [0.5, 0.6) is 0 Å². The van der Waals surface area contributed by atoms with Crippen molar-refractivity contribution in [1.82, 2.24) is 19.1 Å². The van der Waals surface area contributed by atoms with Crippen molar-refractivity contribution in [2.45, 2.75) is 13.5 Å². The average molecular weight is 355 g/mol. The summed E-state index contributed by atoms with van der Waals surface area (Å²) < 4.78 is 25.5. The molecule has 3 aromatic heterocycles. The van der Waals surface area contributed by atoms with Crippen LogP contribution >= 0.6 is 11.5 Å². The number of aromatic nitrogens is 4. The van der Waals surface area contributed by atoms with E-state index < -0.39 is 0 Å². The number of aryl methyl sites for hydroxylation is 1. The van der Waals surface area contributed by atoms with Crippen LogP contribution in [-0.4, -0.2) is 19.1 Å². The van der Waals surface area contributed by atoms with E-state index in [4.69, 9.17) is 4.52 Å². The molecule has 4 aromatic rings. The van der Waals surface area contributed by atoms with Gasteiger partial charge in [0.05, 0.1) is 24.3 Å². The summed E-state index contributed by atoms with van der Waals surface area (Å²) >= 11 is 1.39. The molecule has 4 rings (SSSR count). The molecular formula is C17H14FN5OS. The van der Waals surface area contributed by atoms with Crippen molar-refractivity contribution in [1.29, 1.82) is 0 Å². The molecule has 8 heteroatoms. The molecule has 0 spiro atoms. The number of nitrogens with zero attached hydrogens (tertiary/aromatic N) is 4. The van der Waals surface area contributed by atoms with E-state index in [1.54, 1.807) is 41.5 Å². The van der Waals surface area contributed by atoms with Gasteiger partial charge in [0.1, 0.15) is 16.5 Å². The zero-order chi connectivity index (χ0) is 17.2. The Hall–Kier alpha value is -3.00. The van der Waals surface area contributed by atoms with Gasteiger partial charge in [-0.2, -0.15) is 4.37 Å². The Labute approximate surface area is 147 Å². The molecule has 126 valence electrons. The Balaban J connectivity index is 1.50. The zero-order valence-electron chi connectivity index (χ0n) is 13.3. The molecule has 0 aliphatic rings. The third-order valence-electron chi connectivity index (χ3n) is 3.65. The molecule has 0 bridgehead atoms. The van der Waals surface area contributed by atoms with Gasteiger partial charge in [0, 0.05) is 24.0 Å². The number of benzene rings is 1. The molecule has 0 atom stereocenters. The Morgan fingerprint density at radius 3 is 2.92 bits per heavy atom. The summed E-state index contributed by atoms with van der Waals surface area (Å²) in [5.74, 6) is 0.318. The summed E-state index contributed by atoms with van der Waals surface area (Å²) in [5.41, 5.74) is 2.66. The van der Waals surface area contributed by atoms with Crippen molar-refractivity contribution in [2.75, 3.05) is 5.32 Å². The predicted molar refractivity (Wildman–Crippen MR) is 93.2 cm³/mol. The molecule has 1 aromatic carbocycles. The van der Waals surface area contributed by atoms with Crippen molar-refractivity contribution in [2.24, 2.45) is 0 Å². The van der Waals surface area contributed by atoms with Crippen LogP contribution in [0.4, 0.5) is 9.39 Å². The molecule has 0 radical (unpaired) electrons. The van der Waals surface area contributed by atoms with Gasteiger partial charge < -0.3 is 14.4 Å². The average Bonchev–Trinajstić information content (AvgIpc) is 3.35. The van der Waals surface area contributed by atoms with Gasteiger partial charge in [-0.05, 0) is 36.7 Å². The first-order valence-corrected chi connectivity index (χ1v) is 8.37. The number of hydrogen-bond donors (Lipinski definition) is 1. The van der Waals surface area contributed by atoms with Crippen molar-refractivity contribution >= 4 is 16.5 Å². The van der Waals surface area contributed by atoms with Gasteiger partial charge in [-0.3, -0.25) is 0 Å². The molecule has 25 heavy (non-hydrogen) atoms. The van der Waals surface area contributed by atoms with E-state index in [1.807, 2.05) is 13.0 Å². The maximum absolute atomic E-state index is 14.4. The third kappa shape index (κ3) is 3.29. The monoisotopic (exact) mass is 355 g/mol. The summed E-state index contributed by atoms with van der Waals surface area (Å²) in [5, 5.41) is 8.21. The fraction of sp³-hybridized carbons (Fsp3) is 0.118. The van der Waals surface area contributed by atoms with Crippen LogP contribution in [0.3, 0.4) is 0 Å². The lowest BCUT2D eigenvalue weighted by atomic mass is 10.1. The van der Waals surface area contributed by atoms with Crippen LogP contribution in [0.15, 0.2) is 53.6 Å². The molecule has 6 nitrogen and oxygen atoms in total. The number of imidazole rings is 1. The van der Waals surface area contributed by atoms with E-state index in [0.717, 1.165) is 10.7 Å². The normalized spacial score (nSPS) is 11.0. The van der Waals surface area contributed by atoms with Crippen LogP contribution in [0.2, 0.25) is 0 Å². The third-order valence-corrected chi connectivity index (χ3v) is 4.49. The maximum Gasteiger partial charge on any atom is 0.156 e. The highest BCUT2D eigenvalue weighted by Crippen LogP contribution is 2.24. The first-order chi connectivity index (χ1) is 12.2. The van der Waals surface area contributed by atoms with Crippen molar-refractivity contribution < 1.29 is 8.91 Å². The van der Waals surface area contributed by atoms with Gasteiger partial charge in [-0.15, -0.1) is 0 Å². The van der Waals surface area contributed by atoms with Crippen molar-refractivity contribution in [3.63, 3.8) is 0 Å². The van der Waals surface area contributed by atoms with Gasteiger partial charge in [0.2, 0.25) is 0 Å². The smallest absolute Gasteiger partial charge is 0.156 e. The molecule has 0 fully saturated rings. The fourth-order valence-corrected chi connectivity index (χ4v) is 3.09. The summed E-state index contributed by atoms with van der Waals surface area (Å²) in [4.78, 5) is 3.93. The largest absolute Gasteiger partial charge is 0.368 e. The molecule has 0 aliphatic carbocycles. The Bertz CT molecular complexity index is 992. The van der Waals surface area contributed by atoms with E-state index in [-0.39, 0.29) is 5.82 Å². The number of anilines is 1. The van der Waals surface area contributed by atoms with Gasteiger partial charge in [-0.25, -0.2) is 9.37 Å². The molecule has 0 saturated heterocycles. The molecule has 3 heterocycles. The van der Waals surface area contributed by atoms with E-state index >= 15 is 0 Å². The van der Waals surface area contributed by atoms with E-state index in [1.165, 1.54) is 17.6 Å². The Kier molecular flexibility index (Phi) is 4.02. The van der Waals surface area contributed by atoms with E-state index in [2.05, 4.69) is 19.8 Å². The summed E-state index contributed by atoms with van der Waals surface area (Å²) in [6, 6.07) is 8.70. The minimum absolute atomic E-state index is 0.349. The van der Waals surface area contributed by atoms with Crippen LogP contribution in [0.25, 0.3) is 16.9 Å². The molecule has 0 unspecified atom stereocenters. The highest BCUT2D eigenvalue weighted by molar-refractivity contribution is 7.10. The summed E-state index contributed by atoms with van der Waals surface area (Å²) in [7, 11) is 0. The number of rotatable bonds is 5. The topological polar surface area (TPSA) is 68.8 Å². The SMILES string of the molecule is Cc1cc(NCc2cc(-c3ccc(-n4ccnc4)c(F)c3)no2)sn1. The molecule has 0 amide bonds. The lowest BCUT2D eigenvalue weighted by molar-refractivity contribution is 0.390. The molecule has 0 saturated carbocycles. The highest BCUT2D eigenvalue weighted by Gasteiger charge is 2.11. The number of nitrogens with one attached hydrogen (secondary N) is 1. The van der Waals surface area contributed by atoms with Gasteiger partial charge in [0.15, 0.2) is 5.76 Å². The van der Waals surface area contributed by atoms with Crippen molar-refractivity contribution in [3.05, 3.63) is 66.3 Å². The predicted octanol–water partition coefficient (Wildman–Crippen LogP) is 4.04. The summed E-state index contributed by atoms with van der Waals surface area (Å²) in [6.45, 7) is 2.43. The van der Waals surface area contributed by atoms with Gasteiger partial charge >= 0.3 is 0 Å². The number of hydrogen-bond acceptors (Lipinski definition) is 6. The second-order valence-corrected chi connectivity index (χ2v) is 6.31. The summed E-state index contributed by atoms with van der Waals surface area (Å²) in [6.07, 6.45) is 4.85. The van der Waals surface area contributed by atoms with Crippen LogP contribution in [0.1, 0.15) is 11.5 Å². The molecular weight excluding hydrogens is 341 g/mol. The quantitative estimate of drug-likeness (QED) is 0.585.